The standard InChI is InChI=1S/C13H18N2O2S/c1-18-7-9(6-16)2-3-10-4-5-11-12(10)14-8-15-13(11)17/h4,8-9,16H,2-3,5-7H2,1H3,(H,14,15,17). The van der Waals surface area contributed by atoms with Gasteiger partial charge in [0.1, 0.15) is 0 Å². The van der Waals surface area contributed by atoms with Gasteiger partial charge in [-0.25, -0.2) is 4.98 Å². The molecule has 0 bridgehead atoms. The zero-order valence-electron chi connectivity index (χ0n) is 10.5. The summed E-state index contributed by atoms with van der Waals surface area (Å²) in [6.07, 6.45) is 8.10. The topological polar surface area (TPSA) is 66.0 Å². The van der Waals surface area contributed by atoms with Crippen molar-refractivity contribution in [1.82, 2.24) is 9.97 Å². The van der Waals surface area contributed by atoms with Crippen molar-refractivity contribution in [1.29, 1.82) is 0 Å². The van der Waals surface area contributed by atoms with Crippen LogP contribution in [0.15, 0.2) is 17.2 Å². The first kappa shape index (κ1) is 13.4. The summed E-state index contributed by atoms with van der Waals surface area (Å²) in [5, 5.41) is 9.27. The third-order valence-corrected chi connectivity index (χ3v) is 4.09. The lowest BCUT2D eigenvalue weighted by molar-refractivity contribution is 0.234. The van der Waals surface area contributed by atoms with Crippen molar-refractivity contribution in [3.8, 4) is 0 Å². The Morgan fingerprint density at radius 3 is 3.17 bits per heavy atom. The van der Waals surface area contributed by atoms with Crippen molar-refractivity contribution in [3.05, 3.63) is 34.0 Å². The highest BCUT2D eigenvalue weighted by atomic mass is 32.2. The van der Waals surface area contributed by atoms with Crippen molar-refractivity contribution >= 4 is 17.3 Å². The van der Waals surface area contributed by atoms with Gasteiger partial charge in [-0.05, 0) is 42.8 Å². The molecule has 4 nitrogen and oxygen atoms in total. The highest BCUT2D eigenvalue weighted by Crippen LogP contribution is 2.28. The number of aromatic amines is 1. The number of aliphatic hydroxyl groups excluding tert-OH is 1. The van der Waals surface area contributed by atoms with Gasteiger partial charge in [-0.15, -0.1) is 0 Å². The molecule has 98 valence electrons. The number of hydrogen-bond donors (Lipinski definition) is 2. The molecule has 2 N–H and O–H groups in total. The Morgan fingerprint density at radius 2 is 2.44 bits per heavy atom. The maximum atomic E-state index is 11.6. The second-order valence-electron chi connectivity index (χ2n) is 4.53. The molecule has 0 aliphatic heterocycles. The maximum absolute atomic E-state index is 11.6. The fourth-order valence-electron chi connectivity index (χ4n) is 2.26. The van der Waals surface area contributed by atoms with Crippen molar-refractivity contribution in [2.75, 3.05) is 18.6 Å². The lowest BCUT2D eigenvalue weighted by atomic mass is 10.0. The van der Waals surface area contributed by atoms with Gasteiger partial charge in [-0.3, -0.25) is 4.79 Å². The zero-order valence-corrected chi connectivity index (χ0v) is 11.3. The number of rotatable bonds is 6. The first-order valence-electron chi connectivity index (χ1n) is 6.12. The highest BCUT2D eigenvalue weighted by molar-refractivity contribution is 7.98. The van der Waals surface area contributed by atoms with E-state index in [1.807, 2.05) is 6.26 Å². The van der Waals surface area contributed by atoms with Crippen molar-refractivity contribution in [2.45, 2.75) is 19.3 Å². The molecule has 1 unspecified atom stereocenters. The molecule has 1 aliphatic carbocycles. The Balaban J connectivity index is 2.01. The fraction of sp³-hybridized carbons (Fsp3) is 0.538. The summed E-state index contributed by atoms with van der Waals surface area (Å²) in [6, 6.07) is 0. The highest BCUT2D eigenvalue weighted by Gasteiger charge is 2.19. The van der Waals surface area contributed by atoms with Crippen LogP contribution in [-0.4, -0.2) is 33.7 Å². The van der Waals surface area contributed by atoms with Gasteiger partial charge in [-0.1, -0.05) is 6.08 Å². The molecular weight excluding hydrogens is 248 g/mol. The number of fused-ring (bicyclic) bond motifs is 1. The quantitative estimate of drug-likeness (QED) is 0.818. The maximum Gasteiger partial charge on any atom is 0.254 e. The molecule has 0 saturated carbocycles. The molecule has 1 aromatic rings. The van der Waals surface area contributed by atoms with Crippen molar-refractivity contribution in [2.24, 2.45) is 5.92 Å². The minimum Gasteiger partial charge on any atom is -0.396 e. The smallest absolute Gasteiger partial charge is 0.254 e. The molecule has 0 spiro atoms. The van der Waals surface area contributed by atoms with Gasteiger partial charge in [0.15, 0.2) is 0 Å². The van der Waals surface area contributed by atoms with E-state index in [0.717, 1.165) is 35.4 Å². The molecule has 1 aliphatic rings. The van der Waals surface area contributed by atoms with Gasteiger partial charge in [0, 0.05) is 12.2 Å². The Hall–Kier alpha value is -1.07. The van der Waals surface area contributed by atoms with Crippen LogP contribution in [0, 0.1) is 5.92 Å². The zero-order chi connectivity index (χ0) is 13.0. The fourth-order valence-corrected chi connectivity index (χ4v) is 3.00. The Labute approximate surface area is 111 Å². The van der Waals surface area contributed by atoms with Crippen LogP contribution >= 0.6 is 11.8 Å². The van der Waals surface area contributed by atoms with Crippen LogP contribution < -0.4 is 5.56 Å². The molecule has 0 radical (unpaired) electrons. The number of nitrogens with one attached hydrogen (secondary N) is 1. The van der Waals surface area contributed by atoms with Gasteiger partial charge in [0.25, 0.3) is 5.56 Å². The number of aliphatic hydroxyl groups is 1. The van der Waals surface area contributed by atoms with E-state index < -0.39 is 0 Å². The van der Waals surface area contributed by atoms with E-state index in [-0.39, 0.29) is 12.2 Å². The molecular formula is C13H18N2O2S. The van der Waals surface area contributed by atoms with E-state index in [1.165, 1.54) is 6.33 Å². The van der Waals surface area contributed by atoms with Crippen LogP contribution in [0.1, 0.15) is 24.1 Å². The summed E-state index contributed by atoms with van der Waals surface area (Å²) in [5.41, 5.74) is 2.74. The molecule has 5 heteroatoms. The average Bonchev–Trinajstić information content (AvgIpc) is 2.79. The number of H-pyrrole nitrogens is 1. The third kappa shape index (κ3) is 2.84. The largest absolute Gasteiger partial charge is 0.396 e. The van der Waals surface area contributed by atoms with Gasteiger partial charge >= 0.3 is 0 Å². The van der Waals surface area contributed by atoms with E-state index in [4.69, 9.17) is 0 Å². The number of allylic oxidation sites excluding steroid dienone is 2. The Kier molecular flexibility index (Phi) is 4.60. The Morgan fingerprint density at radius 1 is 1.61 bits per heavy atom. The van der Waals surface area contributed by atoms with Crippen LogP contribution in [0.25, 0.3) is 5.57 Å². The molecule has 0 amide bonds. The molecule has 0 aromatic carbocycles. The lowest BCUT2D eigenvalue weighted by Crippen LogP contribution is -2.13. The first-order chi connectivity index (χ1) is 8.76. The van der Waals surface area contributed by atoms with E-state index in [0.29, 0.717) is 12.3 Å². The van der Waals surface area contributed by atoms with Gasteiger partial charge < -0.3 is 10.1 Å². The van der Waals surface area contributed by atoms with E-state index >= 15 is 0 Å². The molecule has 1 aromatic heterocycles. The monoisotopic (exact) mass is 266 g/mol. The normalized spacial score (nSPS) is 15.3. The van der Waals surface area contributed by atoms with Gasteiger partial charge in [0.2, 0.25) is 0 Å². The number of thioether (sulfide) groups is 1. The van der Waals surface area contributed by atoms with Crippen LogP contribution in [0.3, 0.4) is 0 Å². The summed E-state index contributed by atoms with van der Waals surface area (Å²) in [5.74, 6) is 1.30. The molecule has 2 rings (SSSR count). The number of hydrogen-bond acceptors (Lipinski definition) is 4. The summed E-state index contributed by atoms with van der Waals surface area (Å²) in [6.45, 7) is 0.226. The number of nitrogens with zero attached hydrogens (tertiary/aromatic N) is 1. The summed E-state index contributed by atoms with van der Waals surface area (Å²) >= 11 is 1.75. The molecule has 0 fully saturated rings. The summed E-state index contributed by atoms with van der Waals surface area (Å²) in [7, 11) is 0. The Bertz CT molecular complexity index is 496. The summed E-state index contributed by atoms with van der Waals surface area (Å²) < 4.78 is 0. The number of aromatic nitrogens is 2. The first-order valence-corrected chi connectivity index (χ1v) is 7.51. The van der Waals surface area contributed by atoms with Crippen molar-refractivity contribution in [3.63, 3.8) is 0 Å². The van der Waals surface area contributed by atoms with Crippen LogP contribution in [-0.2, 0) is 6.42 Å². The SMILES string of the molecule is CSCC(CO)CCC1=CCc2c1nc[nH]c2=O. The van der Waals surface area contributed by atoms with Crippen LogP contribution in [0.4, 0.5) is 0 Å². The molecule has 1 heterocycles. The molecule has 1 atom stereocenters. The van der Waals surface area contributed by atoms with Crippen LogP contribution in [0.2, 0.25) is 0 Å². The van der Waals surface area contributed by atoms with E-state index in [2.05, 4.69) is 16.0 Å². The van der Waals surface area contributed by atoms with Crippen molar-refractivity contribution < 1.29 is 5.11 Å². The summed E-state index contributed by atoms with van der Waals surface area (Å²) in [4.78, 5) is 18.4. The second-order valence-corrected chi connectivity index (χ2v) is 5.45. The predicted molar refractivity (Wildman–Crippen MR) is 74.7 cm³/mol. The average molecular weight is 266 g/mol. The second kappa shape index (κ2) is 6.20. The third-order valence-electron chi connectivity index (χ3n) is 3.29. The van der Waals surface area contributed by atoms with Gasteiger partial charge in [-0.2, -0.15) is 11.8 Å². The predicted octanol–water partition coefficient (Wildman–Crippen LogP) is 1.46. The van der Waals surface area contributed by atoms with Gasteiger partial charge in [0.05, 0.1) is 12.0 Å². The minimum absolute atomic E-state index is 0.0333. The molecule has 0 saturated heterocycles. The minimum atomic E-state index is -0.0333. The van der Waals surface area contributed by atoms with E-state index in [1.54, 1.807) is 11.8 Å². The van der Waals surface area contributed by atoms with E-state index in [9.17, 15) is 9.90 Å². The lowest BCUT2D eigenvalue weighted by Gasteiger charge is -2.12. The molecule has 18 heavy (non-hydrogen) atoms. The van der Waals surface area contributed by atoms with Crippen LogP contribution in [0.5, 0.6) is 0 Å².